The molecule has 1 aromatic heterocycles. The summed E-state index contributed by atoms with van der Waals surface area (Å²) in [6, 6.07) is 0. The van der Waals surface area contributed by atoms with Crippen LogP contribution < -0.4 is 0 Å². The number of esters is 1. The number of ketones is 1. The first-order valence-electron chi connectivity index (χ1n) is 6.61. The van der Waals surface area contributed by atoms with Crippen LogP contribution in [0.2, 0.25) is 0 Å². The van der Waals surface area contributed by atoms with Gasteiger partial charge in [0.2, 0.25) is 0 Å². The molecule has 2 atom stereocenters. The SMILES string of the molecule is C=C[C@H](C[C@@H](OC(C)=O)c1nc(C(C)=O)cs1)C(C)C. The Morgan fingerprint density at radius 3 is 2.50 bits per heavy atom. The van der Waals surface area contributed by atoms with Gasteiger partial charge in [-0.25, -0.2) is 4.98 Å². The van der Waals surface area contributed by atoms with E-state index in [9.17, 15) is 9.59 Å². The number of carbonyl (C=O) groups is 2. The van der Waals surface area contributed by atoms with Gasteiger partial charge < -0.3 is 4.74 Å². The van der Waals surface area contributed by atoms with Crippen LogP contribution in [-0.2, 0) is 9.53 Å². The Bertz CT molecular complexity index is 493. The minimum absolute atomic E-state index is 0.0850. The standard InChI is InChI=1S/C15H21NO3S/c1-6-12(9(2)3)7-14(19-11(5)18)15-16-13(8-20-15)10(4)17/h6,8-9,12,14H,1,7H2,2-5H3/t12-,14-/m1/s1. The molecule has 0 aliphatic rings. The van der Waals surface area contributed by atoms with E-state index in [-0.39, 0.29) is 17.7 Å². The van der Waals surface area contributed by atoms with Crippen molar-refractivity contribution in [3.63, 3.8) is 0 Å². The molecule has 0 aromatic carbocycles. The predicted octanol–water partition coefficient (Wildman–Crippen LogP) is 3.80. The lowest BCUT2D eigenvalue weighted by molar-refractivity contribution is -0.147. The summed E-state index contributed by atoms with van der Waals surface area (Å²) in [6.07, 6.45) is 2.09. The maximum Gasteiger partial charge on any atom is 0.303 e. The first-order valence-corrected chi connectivity index (χ1v) is 7.49. The van der Waals surface area contributed by atoms with E-state index in [2.05, 4.69) is 25.4 Å². The number of hydrogen-bond acceptors (Lipinski definition) is 5. The number of allylic oxidation sites excluding steroid dienone is 1. The molecule has 1 rings (SSSR count). The molecule has 1 heterocycles. The molecule has 1 aromatic rings. The van der Waals surface area contributed by atoms with Gasteiger partial charge in [0, 0.05) is 19.2 Å². The van der Waals surface area contributed by atoms with Crippen LogP contribution >= 0.6 is 11.3 Å². The number of ether oxygens (including phenoxy) is 1. The third-order valence-corrected chi connectivity index (χ3v) is 4.05. The van der Waals surface area contributed by atoms with Crippen molar-refractivity contribution >= 4 is 23.1 Å². The van der Waals surface area contributed by atoms with Crippen LogP contribution in [0.5, 0.6) is 0 Å². The van der Waals surface area contributed by atoms with E-state index in [1.165, 1.54) is 25.2 Å². The fourth-order valence-electron chi connectivity index (χ4n) is 1.88. The van der Waals surface area contributed by atoms with E-state index in [4.69, 9.17) is 4.74 Å². The topological polar surface area (TPSA) is 56.3 Å². The summed E-state index contributed by atoms with van der Waals surface area (Å²) >= 11 is 1.35. The first kappa shape index (κ1) is 16.6. The summed E-state index contributed by atoms with van der Waals surface area (Å²) in [6.45, 7) is 10.9. The number of nitrogens with zero attached hydrogens (tertiary/aromatic N) is 1. The smallest absolute Gasteiger partial charge is 0.303 e. The van der Waals surface area contributed by atoms with Gasteiger partial charge in [-0.15, -0.1) is 17.9 Å². The summed E-state index contributed by atoms with van der Waals surface area (Å²) in [4.78, 5) is 26.8. The molecule has 0 fully saturated rings. The predicted molar refractivity (Wildman–Crippen MR) is 79.8 cm³/mol. The fraction of sp³-hybridized carbons (Fsp3) is 0.533. The number of hydrogen-bond donors (Lipinski definition) is 0. The Morgan fingerprint density at radius 1 is 1.45 bits per heavy atom. The highest BCUT2D eigenvalue weighted by Crippen LogP contribution is 2.31. The zero-order valence-electron chi connectivity index (χ0n) is 12.4. The highest BCUT2D eigenvalue weighted by atomic mass is 32.1. The van der Waals surface area contributed by atoms with Crippen LogP contribution in [-0.4, -0.2) is 16.7 Å². The van der Waals surface area contributed by atoms with E-state index in [0.717, 1.165) is 0 Å². The van der Waals surface area contributed by atoms with Crippen LogP contribution in [0.25, 0.3) is 0 Å². The van der Waals surface area contributed by atoms with Crippen molar-refractivity contribution < 1.29 is 14.3 Å². The summed E-state index contributed by atoms with van der Waals surface area (Å²) in [7, 11) is 0. The third kappa shape index (κ3) is 4.56. The molecule has 0 unspecified atom stereocenters. The molecule has 0 bridgehead atoms. The Labute approximate surface area is 123 Å². The molecule has 0 aliphatic carbocycles. The Morgan fingerprint density at radius 2 is 2.10 bits per heavy atom. The van der Waals surface area contributed by atoms with Gasteiger partial charge >= 0.3 is 5.97 Å². The van der Waals surface area contributed by atoms with E-state index >= 15 is 0 Å². The van der Waals surface area contributed by atoms with Crippen LogP contribution in [0.1, 0.15) is 55.7 Å². The molecule has 0 N–H and O–H groups in total. The highest BCUT2D eigenvalue weighted by molar-refractivity contribution is 7.09. The normalized spacial score (nSPS) is 13.8. The van der Waals surface area contributed by atoms with Crippen LogP contribution in [0.4, 0.5) is 0 Å². The average molecular weight is 295 g/mol. The van der Waals surface area contributed by atoms with Crippen LogP contribution in [0, 0.1) is 11.8 Å². The van der Waals surface area contributed by atoms with Crippen molar-refractivity contribution in [2.45, 2.75) is 40.2 Å². The van der Waals surface area contributed by atoms with Gasteiger partial charge in [-0.3, -0.25) is 9.59 Å². The molecule has 5 heteroatoms. The number of carbonyl (C=O) groups excluding carboxylic acids is 2. The lowest BCUT2D eigenvalue weighted by Crippen LogP contribution is -2.16. The minimum atomic E-state index is -0.420. The van der Waals surface area contributed by atoms with Gasteiger partial charge in [-0.1, -0.05) is 19.9 Å². The van der Waals surface area contributed by atoms with Crippen molar-refractivity contribution in [2.24, 2.45) is 11.8 Å². The quantitative estimate of drug-likeness (QED) is 0.436. The molecular formula is C15H21NO3S. The maximum atomic E-state index is 11.3. The number of aromatic nitrogens is 1. The molecule has 0 saturated carbocycles. The number of rotatable bonds is 7. The number of thiazole rings is 1. The van der Waals surface area contributed by atoms with Crippen LogP contribution in [0.15, 0.2) is 18.0 Å². The zero-order chi connectivity index (χ0) is 15.3. The average Bonchev–Trinajstić information content (AvgIpc) is 2.82. The van der Waals surface area contributed by atoms with Crippen molar-refractivity contribution in [1.29, 1.82) is 0 Å². The number of Topliss-reactive ketones (excluding diaryl/α,β-unsaturated/α-hetero) is 1. The largest absolute Gasteiger partial charge is 0.455 e. The summed E-state index contributed by atoms with van der Waals surface area (Å²) in [5.74, 6) is 0.196. The van der Waals surface area contributed by atoms with Crippen molar-refractivity contribution in [1.82, 2.24) is 4.98 Å². The summed E-state index contributed by atoms with van der Waals surface area (Å²) in [5.41, 5.74) is 0.418. The second kappa shape index (κ2) is 7.33. The molecular weight excluding hydrogens is 274 g/mol. The second-order valence-electron chi connectivity index (χ2n) is 5.10. The summed E-state index contributed by atoms with van der Waals surface area (Å²) < 4.78 is 5.36. The molecule has 0 saturated heterocycles. The Hall–Kier alpha value is -1.49. The maximum absolute atomic E-state index is 11.3. The second-order valence-corrected chi connectivity index (χ2v) is 5.99. The Balaban J connectivity index is 2.95. The minimum Gasteiger partial charge on any atom is -0.455 e. The molecule has 0 aliphatic heterocycles. The zero-order valence-corrected chi connectivity index (χ0v) is 13.2. The first-order chi connectivity index (χ1) is 9.35. The lowest BCUT2D eigenvalue weighted by atomic mass is 9.90. The molecule has 110 valence electrons. The van der Waals surface area contributed by atoms with E-state index in [0.29, 0.717) is 23.0 Å². The lowest BCUT2D eigenvalue weighted by Gasteiger charge is -2.22. The van der Waals surface area contributed by atoms with E-state index in [1.807, 2.05) is 6.08 Å². The van der Waals surface area contributed by atoms with Gasteiger partial charge in [0.1, 0.15) is 10.7 Å². The van der Waals surface area contributed by atoms with Gasteiger partial charge in [0.05, 0.1) is 0 Å². The van der Waals surface area contributed by atoms with Gasteiger partial charge in [-0.2, -0.15) is 0 Å². The summed E-state index contributed by atoms with van der Waals surface area (Å²) in [5, 5.41) is 2.37. The fourth-order valence-corrected chi connectivity index (χ4v) is 2.78. The molecule has 0 radical (unpaired) electrons. The molecule has 4 nitrogen and oxygen atoms in total. The van der Waals surface area contributed by atoms with E-state index < -0.39 is 6.10 Å². The van der Waals surface area contributed by atoms with E-state index in [1.54, 1.807) is 5.38 Å². The van der Waals surface area contributed by atoms with Crippen LogP contribution in [0.3, 0.4) is 0 Å². The third-order valence-electron chi connectivity index (χ3n) is 3.11. The monoisotopic (exact) mass is 295 g/mol. The molecule has 0 amide bonds. The molecule has 20 heavy (non-hydrogen) atoms. The highest BCUT2D eigenvalue weighted by Gasteiger charge is 2.24. The van der Waals surface area contributed by atoms with Crippen molar-refractivity contribution in [2.75, 3.05) is 0 Å². The van der Waals surface area contributed by atoms with Crippen molar-refractivity contribution in [3.8, 4) is 0 Å². The van der Waals surface area contributed by atoms with Gasteiger partial charge in [0.15, 0.2) is 11.9 Å². The van der Waals surface area contributed by atoms with Crippen molar-refractivity contribution in [3.05, 3.63) is 28.7 Å². The molecule has 0 spiro atoms. The van der Waals surface area contributed by atoms with Gasteiger partial charge in [-0.05, 0) is 18.3 Å². The Kier molecular flexibility index (Phi) is 6.07. The van der Waals surface area contributed by atoms with Gasteiger partial charge in [0.25, 0.3) is 0 Å².